The fourth-order valence-corrected chi connectivity index (χ4v) is 1.38. The van der Waals surface area contributed by atoms with Gasteiger partial charge >= 0.3 is 0 Å². The minimum absolute atomic E-state index is 0.0461. The minimum atomic E-state index is -1.69. The number of benzene rings is 1. The molecule has 2 aromatic rings. The summed E-state index contributed by atoms with van der Waals surface area (Å²) in [5, 5.41) is 7.38. The molecule has 1 heterocycles. The maximum atomic E-state index is 5.60. The van der Waals surface area contributed by atoms with Crippen LogP contribution in [-0.2, 0) is 3.79 Å². The summed E-state index contributed by atoms with van der Waals surface area (Å²) in [6.07, 6.45) is 3.48. The van der Waals surface area contributed by atoms with E-state index in [0.717, 1.165) is 5.56 Å². The molecule has 0 spiro atoms. The Bertz CT molecular complexity index is 517. The van der Waals surface area contributed by atoms with Gasteiger partial charge in [0.05, 0.1) is 0 Å². The molecule has 0 saturated heterocycles. The zero-order valence-electron chi connectivity index (χ0n) is 8.48. The quantitative estimate of drug-likeness (QED) is 0.782. The van der Waals surface area contributed by atoms with Gasteiger partial charge in [0.15, 0.2) is 0 Å². The zero-order chi connectivity index (χ0) is 12.3. The Morgan fingerprint density at radius 2 is 1.71 bits per heavy atom. The summed E-state index contributed by atoms with van der Waals surface area (Å²) in [6, 6.07) is 9.69. The third-order valence-electron chi connectivity index (χ3n) is 1.90. The molecule has 17 heavy (non-hydrogen) atoms. The van der Waals surface area contributed by atoms with Gasteiger partial charge in [0, 0.05) is 6.08 Å². The monoisotopic (exact) mass is 288 g/mol. The van der Waals surface area contributed by atoms with Gasteiger partial charge in [0.2, 0.25) is 5.89 Å². The summed E-state index contributed by atoms with van der Waals surface area (Å²) in [7, 11) is 0. The first kappa shape index (κ1) is 12.4. The van der Waals surface area contributed by atoms with Crippen molar-refractivity contribution in [2.75, 3.05) is 0 Å². The van der Waals surface area contributed by atoms with Crippen LogP contribution in [0.1, 0.15) is 17.3 Å². The van der Waals surface area contributed by atoms with E-state index in [9.17, 15) is 0 Å². The molecule has 0 saturated carbocycles. The molecule has 0 amide bonds. The van der Waals surface area contributed by atoms with Crippen LogP contribution in [-0.4, -0.2) is 10.2 Å². The van der Waals surface area contributed by atoms with E-state index in [-0.39, 0.29) is 11.8 Å². The maximum Gasteiger partial charge on any atom is 0.268 e. The first-order valence-electron chi connectivity index (χ1n) is 4.69. The summed E-state index contributed by atoms with van der Waals surface area (Å²) in [5.41, 5.74) is 1.01. The van der Waals surface area contributed by atoms with Crippen molar-refractivity contribution in [3.05, 3.63) is 47.7 Å². The molecule has 2 rings (SSSR count). The second-order valence-corrected chi connectivity index (χ2v) is 5.47. The third kappa shape index (κ3) is 3.46. The van der Waals surface area contributed by atoms with Gasteiger partial charge in [-0.05, 0) is 11.6 Å². The van der Waals surface area contributed by atoms with E-state index in [0.29, 0.717) is 0 Å². The Morgan fingerprint density at radius 3 is 2.29 bits per heavy atom. The topological polar surface area (TPSA) is 38.9 Å². The van der Waals surface area contributed by atoms with Gasteiger partial charge in [-0.1, -0.05) is 65.1 Å². The molecule has 0 atom stereocenters. The van der Waals surface area contributed by atoms with Crippen molar-refractivity contribution >= 4 is 47.0 Å². The number of hydrogen-bond acceptors (Lipinski definition) is 3. The van der Waals surface area contributed by atoms with Gasteiger partial charge in [0.25, 0.3) is 9.68 Å². The van der Waals surface area contributed by atoms with Crippen molar-refractivity contribution in [2.45, 2.75) is 3.79 Å². The summed E-state index contributed by atoms with van der Waals surface area (Å²) in [6.45, 7) is 0. The van der Waals surface area contributed by atoms with Crippen LogP contribution in [0.2, 0.25) is 0 Å². The van der Waals surface area contributed by atoms with Crippen LogP contribution in [0.5, 0.6) is 0 Å². The molecule has 1 aromatic carbocycles. The number of rotatable bonds is 2. The van der Waals surface area contributed by atoms with E-state index in [1.165, 1.54) is 0 Å². The molecule has 0 N–H and O–H groups in total. The highest BCUT2D eigenvalue weighted by Gasteiger charge is 2.29. The van der Waals surface area contributed by atoms with Crippen molar-refractivity contribution < 1.29 is 4.42 Å². The molecule has 6 heteroatoms. The molecule has 0 aliphatic heterocycles. The van der Waals surface area contributed by atoms with Gasteiger partial charge in [-0.2, -0.15) is 0 Å². The third-order valence-corrected chi connectivity index (χ3v) is 2.39. The Morgan fingerprint density at radius 1 is 1.00 bits per heavy atom. The Hall–Kier alpha value is -1.03. The van der Waals surface area contributed by atoms with Crippen LogP contribution in [0.4, 0.5) is 0 Å². The molecule has 0 aliphatic rings. The van der Waals surface area contributed by atoms with Gasteiger partial charge < -0.3 is 4.42 Å². The summed E-state index contributed by atoms with van der Waals surface area (Å²) in [4.78, 5) is 0. The van der Waals surface area contributed by atoms with Gasteiger partial charge in [0.1, 0.15) is 0 Å². The van der Waals surface area contributed by atoms with Gasteiger partial charge in [-0.25, -0.2) is 0 Å². The molecule has 0 bridgehead atoms. The van der Waals surface area contributed by atoms with E-state index < -0.39 is 3.79 Å². The standard InChI is InChI=1S/C11H7Cl3N2O/c12-11(13,14)10-16-15-9(17-10)7-6-8-4-2-1-3-5-8/h1-7H/b7-6-. The smallest absolute Gasteiger partial charge is 0.268 e. The van der Waals surface area contributed by atoms with Crippen molar-refractivity contribution in [1.82, 2.24) is 10.2 Å². The fraction of sp³-hybridized carbons (Fsp3) is 0.0909. The van der Waals surface area contributed by atoms with E-state index in [2.05, 4.69) is 10.2 Å². The van der Waals surface area contributed by atoms with Crippen LogP contribution in [0.3, 0.4) is 0 Å². The lowest BCUT2D eigenvalue weighted by molar-refractivity contribution is 0.493. The van der Waals surface area contributed by atoms with E-state index in [1.54, 1.807) is 6.08 Å². The van der Waals surface area contributed by atoms with E-state index in [1.807, 2.05) is 36.4 Å². The Labute approximate surface area is 113 Å². The summed E-state index contributed by atoms with van der Waals surface area (Å²) < 4.78 is 3.48. The van der Waals surface area contributed by atoms with Crippen molar-refractivity contribution in [3.8, 4) is 0 Å². The Kier molecular flexibility index (Phi) is 3.72. The Balaban J connectivity index is 2.15. The summed E-state index contributed by atoms with van der Waals surface area (Å²) >= 11 is 16.8. The molecular formula is C11H7Cl3N2O. The van der Waals surface area contributed by atoms with Crippen molar-refractivity contribution in [1.29, 1.82) is 0 Å². The average Bonchev–Trinajstić information content (AvgIpc) is 2.76. The van der Waals surface area contributed by atoms with Gasteiger partial charge in [-0.15, -0.1) is 10.2 Å². The first-order valence-corrected chi connectivity index (χ1v) is 5.83. The van der Waals surface area contributed by atoms with E-state index in [4.69, 9.17) is 39.2 Å². The molecule has 3 nitrogen and oxygen atoms in total. The second kappa shape index (κ2) is 5.08. The number of halogens is 3. The van der Waals surface area contributed by atoms with Crippen molar-refractivity contribution in [3.63, 3.8) is 0 Å². The predicted octanol–water partition coefficient (Wildman–Crippen LogP) is 4.07. The normalized spacial score (nSPS) is 12.2. The number of alkyl halides is 3. The SMILES string of the molecule is ClC(Cl)(Cl)c1nnc(/C=C\c2ccccc2)o1. The summed E-state index contributed by atoms with van der Waals surface area (Å²) in [5.74, 6) is 0.241. The maximum absolute atomic E-state index is 5.60. The van der Waals surface area contributed by atoms with Crippen LogP contribution < -0.4 is 0 Å². The van der Waals surface area contributed by atoms with Crippen molar-refractivity contribution in [2.24, 2.45) is 0 Å². The molecule has 88 valence electrons. The second-order valence-electron chi connectivity index (χ2n) is 3.19. The highest BCUT2D eigenvalue weighted by Crippen LogP contribution is 2.37. The van der Waals surface area contributed by atoms with Crippen LogP contribution >= 0.6 is 34.8 Å². The fourth-order valence-electron chi connectivity index (χ4n) is 1.15. The van der Waals surface area contributed by atoms with E-state index >= 15 is 0 Å². The number of aromatic nitrogens is 2. The molecule has 1 aromatic heterocycles. The number of nitrogens with zero attached hydrogens (tertiary/aromatic N) is 2. The van der Waals surface area contributed by atoms with Crippen LogP contribution in [0, 0.1) is 0 Å². The highest BCUT2D eigenvalue weighted by molar-refractivity contribution is 6.66. The molecular weight excluding hydrogens is 282 g/mol. The largest absolute Gasteiger partial charge is 0.417 e. The van der Waals surface area contributed by atoms with Crippen LogP contribution in [0.25, 0.3) is 12.2 Å². The molecule has 0 unspecified atom stereocenters. The molecule has 0 aliphatic carbocycles. The van der Waals surface area contributed by atoms with Crippen LogP contribution in [0.15, 0.2) is 34.7 Å². The lowest BCUT2D eigenvalue weighted by Crippen LogP contribution is -1.99. The predicted molar refractivity (Wildman–Crippen MR) is 68.9 cm³/mol. The first-order chi connectivity index (χ1) is 8.05. The minimum Gasteiger partial charge on any atom is -0.417 e. The number of hydrogen-bond donors (Lipinski definition) is 0. The van der Waals surface area contributed by atoms with Gasteiger partial charge in [-0.3, -0.25) is 0 Å². The lowest BCUT2D eigenvalue weighted by Gasteiger charge is -2.01. The average molecular weight is 290 g/mol. The lowest BCUT2D eigenvalue weighted by atomic mass is 10.2. The molecule has 0 radical (unpaired) electrons. The zero-order valence-corrected chi connectivity index (χ0v) is 10.7. The molecule has 0 fully saturated rings. The highest BCUT2D eigenvalue weighted by atomic mass is 35.6.